The van der Waals surface area contributed by atoms with Crippen LogP contribution in [0.1, 0.15) is 50.3 Å². The minimum absolute atomic E-state index is 0.0973. The lowest BCUT2D eigenvalue weighted by molar-refractivity contribution is 0.116. The summed E-state index contributed by atoms with van der Waals surface area (Å²) < 4.78 is 3.82. The SMILES string of the molecule is CCC(CC)n1cc(C2=NC(c3cnn(C[C@@H](O)CN(C)C)c3)=CN3N=CCC23)cn1. The number of nitrogens with zero attached hydrogens (tertiary/aromatic N) is 8. The Morgan fingerprint density at radius 3 is 2.65 bits per heavy atom. The van der Waals surface area contributed by atoms with E-state index in [0.717, 1.165) is 41.8 Å². The van der Waals surface area contributed by atoms with Crippen molar-refractivity contribution in [2.45, 2.75) is 57.8 Å². The Kier molecular flexibility index (Phi) is 6.33. The third kappa shape index (κ3) is 4.62. The highest BCUT2D eigenvalue weighted by Crippen LogP contribution is 2.29. The van der Waals surface area contributed by atoms with Gasteiger partial charge in [0.1, 0.15) is 0 Å². The number of aliphatic hydroxyl groups is 1. The molecule has 0 saturated heterocycles. The molecule has 0 fully saturated rings. The third-order valence-electron chi connectivity index (χ3n) is 5.79. The number of hydrogen-bond acceptors (Lipinski definition) is 7. The molecule has 0 aliphatic carbocycles. The molecule has 4 heterocycles. The predicted octanol–water partition coefficient (Wildman–Crippen LogP) is 2.22. The molecule has 2 aliphatic rings. The van der Waals surface area contributed by atoms with Crippen LogP contribution in [0.4, 0.5) is 0 Å². The maximum Gasteiger partial charge on any atom is 0.0997 e. The molecule has 1 unspecified atom stereocenters. The summed E-state index contributed by atoms with van der Waals surface area (Å²) in [5.74, 6) is 0. The van der Waals surface area contributed by atoms with E-state index >= 15 is 0 Å². The van der Waals surface area contributed by atoms with Crippen molar-refractivity contribution in [3.8, 4) is 0 Å². The lowest BCUT2D eigenvalue weighted by Crippen LogP contribution is -2.34. The standard InChI is InChI=1S/C22H32N8O/c1-5-18(6-2)29-12-17(10-25-29)22-21-7-8-23-30(21)15-20(26-22)16-9-24-28(11-16)14-19(31)13-27(3)4/h8-12,15,18-19,21,31H,5-7,13-14H2,1-4H3/t19-,21?/m0/s1. The van der Waals surface area contributed by atoms with Gasteiger partial charge in [-0.05, 0) is 26.9 Å². The minimum atomic E-state index is -0.481. The van der Waals surface area contributed by atoms with Crippen molar-refractivity contribution in [1.82, 2.24) is 29.5 Å². The predicted molar refractivity (Wildman–Crippen MR) is 122 cm³/mol. The normalized spacial score (nSPS) is 19.2. The quantitative estimate of drug-likeness (QED) is 0.667. The van der Waals surface area contributed by atoms with Crippen molar-refractivity contribution in [1.29, 1.82) is 0 Å². The van der Waals surface area contributed by atoms with Crippen LogP contribution in [0.25, 0.3) is 5.70 Å². The number of likely N-dealkylation sites (N-methyl/N-ethyl adjacent to an activating group) is 1. The van der Waals surface area contributed by atoms with E-state index in [-0.39, 0.29) is 6.04 Å². The molecule has 0 bridgehead atoms. The van der Waals surface area contributed by atoms with Crippen LogP contribution < -0.4 is 0 Å². The summed E-state index contributed by atoms with van der Waals surface area (Å²) in [4.78, 5) is 6.97. The van der Waals surface area contributed by atoms with Gasteiger partial charge in [-0.3, -0.25) is 14.4 Å². The van der Waals surface area contributed by atoms with Gasteiger partial charge >= 0.3 is 0 Å². The van der Waals surface area contributed by atoms with Crippen LogP contribution in [0.15, 0.2) is 41.1 Å². The fraction of sp³-hybridized carbons (Fsp3) is 0.545. The Morgan fingerprint density at radius 2 is 1.90 bits per heavy atom. The summed E-state index contributed by atoms with van der Waals surface area (Å²) in [7, 11) is 3.89. The molecule has 0 amide bonds. The van der Waals surface area contributed by atoms with E-state index in [9.17, 15) is 5.11 Å². The van der Waals surface area contributed by atoms with E-state index in [1.54, 1.807) is 10.9 Å². The van der Waals surface area contributed by atoms with Gasteiger partial charge < -0.3 is 10.0 Å². The van der Waals surface area contributed by atoms with Crippen molar-refractivity contribution in [2.24, 2.45) is 10.1 Å². The molecule has 2 aromatic rings. The van der Waals surface area contributed by atoms with Crippen LogP contribution >= 0.6 is 0 Å². The highest BCUT2D eigenvalue weighted by atomic mass is 16.3. The van der Waals surface area contributed by atoms with Gasteiger partial charge in [0.05, 0.1) is 54.7 Å². The molecule has 1 N–H and O–H groups in total. The Hall–Kier alpha value is -2.78. The van der Waals surface area contributed by atoms with Gasteiger partial charge in [-0.15, -0.1) is 0 Å². The Labute approximate surface area is 183 Å². The molecule has 2 aliphatic heterocycles. The summed E-state index contributed by atoms with van der Waals surface area (Å²) in [6, 6.07) is 0.496. The number of aromatic nitrogens is 4. The first-order valence-corrected chi connectivity index (χ1v) is 11.0. The van der Waals surface area contributed by atoms with Crippen molar-refractivity contribution in [3.63, 3.8) is 0 Å². The number of rotatable bonds is 9. The maximum absolute atomic E-state index is 10.2. The van der Waals surface area contributed by atoms with Gasteiger partial charge in [-0.25, -0.2) is 4.99 Å². The van der Waals surface area contributed by atoms with Crippen LogP contribution in [-0.2, 0) is 6.54 Å². The lowest BCUT2D eigenvalue weighted by Gasteiger charge is -2.26. The first-order chi connectivity index (χ1) is 15.0. The molecule has 31 heavy (non-hydrogen) atoms. The lowest BCUT2D eigenvalue weighted by atomic mass is 10.0. The van der Waals surface area contributed by atoms with Crippen LogP contribution in [0.2, 0.25) is 0 Å². The summed E-state index contributed by atoms with van der Waals surface area (Å²) in [5, 5.41) is 25.8. The van der Waals surface area contributed by atoms with Crippen LogP contribution in [0.3, 0.4) is 0 Å². The molecular weight excluding hydrogens is 392 g/mol. The second kappa shape index (κ2) is 9.15. The molecule has 0 spiro atoms. The molecule has 4 rings (SSSR count). The van der Waals surface area contributed by atoms with Gasteiger partial charge in [-0.2, -0.15) is 15.3 Å². The van der Waals surface area contributed by atoms with E-state index in [1.807, 2.05) is 48.8 Å². The van der Waals surface area contributed by atoms with Crippen molar-refractivity contribution < 1.29 is 5.11 Å². The largest absolute Gasteiger partial charge is 0.390 e. The van der Waals surface area contributed by atoms with Crippen LogP contribution in [-0.4, -0.2) is 79.3 Å². The topological polar surface area (TPSA) is 87.1 Å². The minimum Gasteiger partial charge on any atom is -0.390 e. The van der Waals surface area contributed by atoms with Gasteiger partial charge in [0, 0.05) is 42.7 Å². The molecule has 0 radical (unpaired) electrons. The van der Waals surface area contributed by atoms with E-state index in [0.29, 0.717) is 19.1 Å². The van der Waals surface area contributed by atoms with Crippen molar-refractivity contribution >= 4 is 17.6 Å². The average molecular weight is 425 g/mol. The highest BCUT2D eigenvalue weighted by molar-refractivity contribution is 6.09. The molecule has 9 heteroatoms. The van der Waals surface area contributed by atoms with Crippen molar-refractivity contribution in [2.75, 3.05) is 20.6 Å². The maximum atomic E-state index is 10.2. The summed E-state index contributed by atoms with van der Waals surface area (Å²) in [6.45, 7) is 5.40. The molecule has 166 valence electrons. The number of hydrazone groups is 1. The highest BCUT2D eigenvalue weighted by Gasteiger charge is 2.31. The fourth-order valence-electron chi connectivity index (χ4n) is 4.17. The zero-order valence-corrected chi connectivity index (χ0v) is 18.8. The van der Waals surface area contributed by atoms with E-state index in [1.165, 1.54) is 0 Å². The van der Waals surface area contributed by atoms with E-state index in [4.69, 9.17) is 4.99 Å². The molecule has 9 nitrogen and oxygen atoms in total. The number of aliphatic hydroxyl groups excluding tert-OH is 1. The van der Waals surface area contributed by atoms with Gasteiger partial charge in [0.2, 0.25) is 0 Å². The Bertz CT molecular complexity index is 981. The summed E-state index contributed by atoms with van der Waals surface area (Å²) in [6.07, 6.45) is 14.1. The Balaban J connectivity index is 1.59. The smallest absolute Gasteiger partial charge is 0.0997 e. The number of aliphatic imine (C=N–C) groups is 1. The zero-order valence-electron chi connectivity index (χ0n) is 18.8. The van der Waals surface area contributed by atoms with Crippen LogP contribution in [0.5, 0.6) is 0 Å². The molecular formula is C22H32N8O. The van der Waals surface area contributed by atoms with Gasteiger partial charge in [-0.1, -0.05) is 13.8 Å². The fourth-order valence-corrected chi connectivity index (χ4v) is 4.17. The van der Waals surface area contributed by atoms with Crippen LogP contribution in [0, 0.1) is 0 Å². The average Bonchev–Trinajstić information content (AvgIpc) is 3.48. The molecule has 0 aromatic carbocycles. The summed E-state index contributed by atoms with van der Waals surface area (Å²) in [5.41, 5.74) is 3.73. The third-order valence-corrected chi connectivity index (χ3v) is 5.79. The number of fused-ring (bicyclic) bond motifs is 1. The zero-order chi connectivity index (χ0) is 22.0. The Morgan fingerprint density at radius 1 is 1.13 bits per heavy atom. The van der Waals surface area contributed by atoms with E-state index in [2.05, 4.69) is 40.0 Å². The monoisotopic (exact) mass is 424 g/mol. The van der Waals surface area contributed by atoms with Gasteiger partial charge in [0.15, 0.2) is 0 Å². The number of hydrogen-bond donors (Lipinski definition) is 1. The summed E-state index contributed by atoms with van der Waals surface area (Å²) >= 11 is 0. The van der Waals surface area contributed by atoms with Crippen molar-refractivity contribution in [3.05, 3.63) is 42.1 Å². The second-order valence-electron chi connectivity index (χ2n) is 8.49. The van der Waals surface area contributed by atoms with Gasteiger partial charge in [0.25, 0.3) is 0 Å². The first-order valence-electron chi connectivity index (χ1n) is 11.0. The molecule has 2 aromatic heterocycles. The van der Waals surface area contributed by atoms with E-state index < -0.39 is 6.10 Å². The second-order valence-corrected chi connectivity index (χ2v) is 8.49. The first kappa shape index (κ1) is 21.5. The molecule has 0 saturated carbocycles. The molecule has 2 atom stereocenters.